The van der Waals surface area contributed by atoms with Gasteiger partial charge in [-0.2, -0.15) is 0 Å². The van der Waals surface area contributed by atoms with Crippen molar-refractivity contribution in [1.29, 1.82) is 0 Å². The van der Waals surface area contributed by atoms with Crippen molar-refractivity contribution >= 4 is 13.8 Å². The topological polar surface area (TPSA) is 12.0 Å². The number of allylic oxidation sites excluding steroid dienone is 4. The first kappa shape index (κ1) is 24.3. The summed E-state index contributed by atoms with van der Waals surface area (Å²) in [4.78, 5) is 3.93. The molecule has 0 bridgehead atoms. The Hall–Kier alpha value is -0.669. The maximum Gasteiger partial charge on any atom is 4.00 e. The van der Waals surface area contributed by atoms with Gasteiger partial charge in [-0.25, -0.2) is 0 Å². The molecule has 0 fully saturated rings. The van der Waals surface area contributed by atoms with E-state index in [0.717, 1.165) is 5.57 Å². The van der Waals surface area contributed by atoms with Crippen LogP contribution >= 0.6 is 0 Å². The SMILES string of the molecule is C=CC(=C)C.CC1=C(C)C([Si](C)(C)NC(C)(C)C)c2ccccc21.[Ti+4]. The Morgan fingerprint density at radius 3 is 2.08 bits per heavy atom. The van der Waals surface area contributed by atoms with Crippen LogP contribution in [0.5, 0.6) is 0 Å². The van der Waals surface area contributed by atoms with Crippen molar-refractivity contribution in [1.82, 2.24) is 4.98 Å². The number of rotatable bonds is 3. The van der Waals surface area contributed by atoms with Crippen molar-refractivity contribution in [2.75, 3.05) is 0 Å². The van der Waals surface area contributed by atoms with E-state index in [2.05, 4.69) is 90.1 Å². The van der Waals surface area contributed by atoms with Crippen molar-refractivity contribution in [2.45, 2.75) is 65.7 Å². The third kappa shape index (κ3) is 6.53. The zero-order valence-corrected chi connectivity index (χ0v) is 19.9. The largest absolute Gasteiger partial charge is 4.00 e. The van der Waals surface area contributed by atoms with Crippen LogP contribution in [0, 0.1) is 0 Å². The minimum atomic E-state index is -1.57. The van der Waals surface area contributed by atoms with E-state index < -0.39 is 8.24 Å². The van der Waals surface area contributed by atoms with Gasteiger partial charge in [-0.05, 0) is 58.2 Å². The van der Waals surface area contributed by atoms with Crippen molar-refractivity contribution in [3.63, 3.8) is 0 Å². The molecule has 1 N–H and O–H groups in total. The average Bonchev–Trinajstić information content (AvgIpc) is 2.70. The second kappa shape index (κ2) is 9.32. The molecule has 1 unspecified atom stereocenters. The minimum Gasteiger partial charge on any atom is -0.332 e. The van der Waals surface area contributed by atoms with E-state index >= 15 is 0 Å². The van der Waals surface area contributed by atoms with Gasteiger partial charge in [-0.15, -0.1) is 0 Å². The summed E-state index contributed by atoms with van der Waals surface area (Å²) in [6.07, 6.45) is 1.72. The van der Waals surface area contributed by atoms with Gasteiger partial charge >= 0.3 is 21.7 Å². The third-order valence-electron chi connectivity index (χ3n) is 4.47. The second-order valence-corrected chi connectivity index (χ2v) is 12.7. The Morgan fingerprint density at radius 1 is 1.16 bits per heavy atom. The van der Waals surface area contributed by atoms with E-state index in [4.69, 9.17) is 0 Å². The van der Waals surface area contributed by atoms with Crippen LogP contribution in [0.2, 0.25) is 13.1 Å². The Morgan fingerprint density at radius 2 is 1.64 bits per heavy atom. The minimum absolute atomic E-state index is 0. The van der Waals surface area contributed by atoms with Crippen molar-refractivity contribution in [3.8, 4) is 0 Å². The number of fused-ring (bicyclic) bond motifs is 1. The monoisotopic (exact) mass is 389 g/mol. The van der Waals surface area contributed by atoms with Crippen LogP contribution < -0.4 is 4.98 Å². The van der Waals surface area contributed by atoms with E-state index in [-0.39, 0.29) is 27.3 Å². The fraction of sp³-hybridized carbons (Fsp3) is 0.455. The van der Waals surface area contributed by atoms with Crippen molar-refractivity contribution in [3.05, 3.63) is 65.8 Å². The average molecular weight is 389 g/mol. The molecular weight excluding hydrogens is 354 g/mol. The van der Waals surface area contributed by atoms with Crippen LogP contribution in [-0.4, -0.2) is 13.8 Å². The molecule has 0 heterocycles. The fourth-order valence-corrected chi connectivity index (χ4v) is 8.13. The molecule has 0 spiro atoms. The molecule has 1 nitrogen and oxygen atoms in total. The molecule has 0 amide bonds. The van der Waals surface area contributed by atoms with Crippen molar-refractivity contribution in [2.24, 2.45) is 0 Å². The third-order valence-corrected chi connectivity index (χ3v) is 8.05. The van der Waals surface area contributed by atoms with Crippen LogP contribution in [0.4, 0.5) is 0 Å². The first-order chi connectivity index (χ1) is 10.9. The first-order valence-corrected chi connectivity index (χ1v) is 11.8. The van der Waals surface area contributed by atoms with Crippen LogP contribution in [-0.2, 0) is 21.7 Å². The molecule has 0 aliphatic heterocycles. The molecule has 1 aromatic rings. The second-order valence-electron chi connectivity index (χ2n) is 8.48. The zero-order chi connectivity index (χ0) is 18.7. The van der Waals surface area contributed by atoms with Gasteiger partial charge in [0.05, 0.1) is 0 Å². The molecule has 0 aromatic heterocycles. The molecule has 1 aliphatic carbocycles. The van der Waals surface area contributed by atoms with Crippen LogP contribution in [0.15, 0.2) is 54.6 Å². The molecule has 3 heteroatoms. The van der Waals surface area contributed by atoms with Gasteiger partial charge in [-0.3, -0.25) is 0 Å². The standard InChI is InChI=1S/C17H27NSi.C5H8.Ti/c1-12-13(2)16(15-11-9-8-10-14(12)15)19(6,7)18-17(3,4)5;1-4-5(2)3;/h8-11,16,18H,1-7H3;4H,1-2H2,3H3;/q;;+4. The Labute approximate surface area is 171 Å². The summed E-state index contributed by atoms with van der Waals surface area (Å²) in [6.45, 7) is 25.3. The van der Waals surface area contributed by atoms with Gasteiger partial charge in [0.2, 0.25) is 0 Å². The summed E-state index contributed by atoms with van der Waals surface area (Å²) in [6, 6.07) is 8.93. The summed E-state index contributed by atoms with van der Waals surface area (Å²) in [5.74, 6) is 0. The number of nitrogens with one attached hydrogen (secondary N) is 1. The van der Waals surface area contributed by atoms with Crippen LogP contribution in [0.3, 0.4) is 0 Å². The zero-order valence-electron chi connectivity index (χ0n) is 17.4. The summed E-state index contributed by atoms with van der Waals surface area (Å²) in [7, 11) is -1.57. The number of hydrogen-bond donors (Lipinski definition) is 1. The molecule has 132 valence electrons. The molecule has 0 saturated heterocycles. The molecule has 0 saturated carbocycles. The Bertz CT molecular complexity index is 650. The summed E-state index contributed by atoms with van der Waals surface area (Å²) in [5.41, 5.74) is 7.84. The van der Waals surface area contributed by atoms with Gasteiger partial charge in [-0.1, -0.05) is 67.7 Å². The molecular formula is C22H35NSiTi+4. The number of benzene rings is 1. The number of hydrogen-bond acceptors (Lipinski definition) is 1. The van der Waals surface area contributed by atoms with Crippen LogP contribution in [0.1, 0.15) is 58.2 Å². The maximum atomic E-state index is 3.93. The molecule has 2 rings (SSSR count). The molecule has 0 radical (unpaired) electrons. The Balaban J connectivity index is 0.000000848. The van der Waals surface area contributed by atoms with Gasteiger partial charge in [0, 0.05) is 11.1 Å². The van der Waals surface area contributed by atoms with E-state index in [1.165, 1.54) is 16.7 Å². The van der Waals surface area contributed by atoms with Gasteiger partial charge < -0.3 is 4.98 Å². The Kier molecular flexibility index (Phi) is 9.07. The van der Waals surface area contributed by atoms with Crippen molar-refractivity contribution < 1.29 is 21.7 Å². The quantitative estimate of drug-likeness (QED) is 0.462. The van der Waals surface area contributed by atoms with Crippen LogP contribution in [0.25, 0.3) is 5.57 Å². The first-order valence-electron chi connectivity index (χ1n) is 8.74. The van der Waals surface area contributed by atoms with Gasteiger partial charge in [0.15, 0.2) is 0 Å². The van der Waals surface area contributed by atoms with E-state index in [1.807, 2.05) is 6.92 Å². The predicted octanol–water partition coefficient (Wildman–Crippen LogP) is 6.46. The summed E-state index contributed by atoms with van der Waals surface area (Å²) < 4.78 is 0. The summed E-state index contributed by atoms with van der Waals surface area (Å²) >= 11 is 0. The van der Waals surface area contributed by atoms with Gasteiger partial charge in [0.25, 0.3) is 0 Å². The molecule has 1 aromatic carbocycles. The molecule has 25 heavy (non-hydrogen) atoms. The normalized spacial score (nSPS) is 16.4. The van der Waals surface area contributed by atoms with E-state index in [0.29, 0.717) is 5.54 Å². The van der Waals surface area contributed by atoms with E-state index in [9.17, 15) is 0 Å². The molecule has 1 atom stereocenters. The molecule has 1 aliphatic rings. The smallest absolute Gasteiger partial charge is 0.332 e. The predicted molar refractivity (Wildman–Crippen MR) is 113 cm³/mol. The summed E-state index contributed by atoms with van der Waals surface area (Å²) in [5, 5.41) is 0. The fourth-order valence-electron chi connectivity index (χ4n) is 3.72. The van der Waals surface area contributed by atoms with Gasteiger partial charge in [0.1, 0.15) is 8.24 Å². The van der Waals surface area contributed by atoms with E-state index in [1.54, 1.807) is 11.6 Å². The maximum absolute atomic E-state index is 3.93.